The van der Waals surface area contributed by atoms with Crippen molar-refractivity contribution in [1.82, 2.24) is 9.62 Å². The number of nitrogens with zero attached hydrogens (tertiary/aromatic N) is 1. The first-order chi connectivity index (χ1) is 15.2. The molecule has 2 aromatic rings. The Hall–Kier alpha value is -2.42. The molecule has 1 heterocycles. The van der Waals surface area contributed by atoms with Crippen molar-refractivity contribution in [3.8, 4) is 0 Å². The Morgan fingerprint density at radius 2 is 1.84 bits per heavy atom. The second-order valence-corrected chi connectivity index (χ2v) is 10.5. The van der Waals surface area contributed by atoms with E-state index in [1.165, 1.54) is 23.4 Å². The molecule has 0 aromatic heterocycles. The van der Waals surface area contributed by atoms with E-state index in [9.17, 15) is 18.0 Å². The van der Waals surface area contributed by atoms with Crippen molar-refractivity contribution in [2.75, 3.05) is 18.4 Å². The van der Waals surface area contributed by atoms with E-state index in [0.717, 1.165) is 12.8 Å². The number of amides is 2. The van der Waals surface area contributed by atoms with Gasteiger partial charge in [-0.2, -0.15) is 4.31 Å². The zero-order valence-corrected chi connectivity index (χ0v) is 19.7. The number of anilines is 1. The van der Waals surface area contributed by atoms with Crippen LogP contribution >= 0.6 is 11.6 Å². The molecule has 2 amide bonds. The van der Waals surface area contributed by atoms with E-state index in [2.05, 4.69) is 17.6 Å². The van der Waals surface area contributed by atoms with Gasteiger partial charge in [-0.05, 0) is 54.7 Å². The molecule has 1 aliphatic heterocycles. The van der Waals surface area contributed by atoms with Crippen LogP contribution in [0.3, 0.4) is 0 Å². The van der Waals surface area contributed by atoms with Gasteiger partial charge in [-0.3, -0.25) is 9.59 Å². The monoisotopic (exact) mass is 477 g/mol. The predicted octanol–water partition coefficient (Wildman–Crippen LogP) is 3.97. The van der Waals surface area contributed by atoms with Crippen LogP contribution in [0.2, 0.25) is 5.02 Å². The summed E-state index contributed by atoms with van der Waals surface area (Å²) in [5.74, 6) is -0.264. The summed E-state index contributed by atoms with van der Waals surface area (Å²) in [5, 5.41) is 5.97. The molecular formula is C23H28ClN3O4S. The Morgan fingerprint density at radius 1 is 1.16 bits per heavy atom. The Morgan fingerprint density at radius 3 is 2.47 bits per heavy atom. The lowest BCUT2D eigenvalue weighted by atomic mass is 10.0. The summed E-state index contributed by atoms with van der Waals surface area (Å²) in [5.41, 5.74) is 1.12. The molecule has 0 bridgehead atoms. The number of piperidine rings is 1. The summed E-state index contributed by atoms with van der Waals surface area (Å²) >= 11 is 6.24. The van der Waals surface area contributed by atoms with Gasteiger partial charge in [0.15, 0.2) is 0 Å². The number of halogens is 1. The number of hydrogen-bond donors (Lipinski definition) is 2. The van der Waals surface area contributed by atoms with Gasteiger partial charge >= 0.3 is 0 Å². The number of benzene rings is 2. The molecule has 9 heteroatoms. The van der Waals surface area contributed by atoms with Gasteiger partial charge in [0.25, 0.3) is 0 Å². The average molecular weight is 478 g/mol. The van der Waals surface area contributed by atoms with Gasteiger partial charge in [0, 0.05) is 30.7 Å². The fourth-order valence-electron chi connectivity index (χ4n) is 3.86. The third kappa shape index (κ3) is 6.09. The fraction of sp³-hybridized carbons (Fsp3) is 0.391. The van der Waals surface area contributed by atoms with Crippen molar-refractivity contribution in [3.05, 3.63) is 59.1 Å². The molecule has 7 nitrogen and oxygen atoms in total. The van der Waals surface area contributed by atoms with Crippen molar-refractivity contribution in [1.29, 1.82) is 0 Å². The third-order valence-corrected chi connectivity index (χ3v) is 7.67. The molecule has 172 valence electrons. The minimum absolute atomic E-state index is 0.0188. The Balaban J connectivity index is 1.68. The van der Waals surface area contributed by atoms with Crippen LogP contribution in [0.15, 0.2) is 53.4 Å². The maximum atomic E-state index is 12.9. The highest BCUT2D eigenvalue weighted by molar-refractivity contribution is 7.89. The highest BCUT2D eigenvalue weighted by Gasteiger charge is 2.28. The molecule has 0 spiro atoms. The number of carbonyl (C=O) groups is 2. The van der Waals surface area contributed by atoms with Crippen LogP contribution in [0.25, 0.3) is 0 Å². The lowest BCUT2D eigenvalue weighted by Gasteiger charge is -2.30. The summed E-state index contributed by atoms with van der Waals surface area (Å²) in [6.45, 7) is 4.48. The summed E-state index contributed by atoms with van der Waals surface area (Å²) < 4.78 is 27.3. The fourth-order valence-corrected chi connectivity index (χ4v) is 5.73. The maximum absolute atomic E-state index is 12.9. The number of rotatable bonds is 7. The summed E-state index contributed by atoms with van der Waals surface area (Å²) in [6.07, 6.45) is 1.87. The smallest absolute Gasteiger partial charge is 0.243 e. The molecule has 1 saturated heterocycles. The molecule has 2 atom stereocenters. The van der Waals surface area contributed by atoms with Gasteiger partial charge in [0.1, 0.15) is 0 Å². The SMILES string of the molecule is CC(=O)NC(CC(=O)Nc1ccc(S(=O)(=O)N2CCCC(C)C2)cc1)c1ccccc1Cl. The third-order valence-electron chi connectivity index (χ3n) is 5.44. The molecule has 1 aliphatic rings. The van der Waals surface area contributed by atoms with Gasteiger partial charge in [-0.1, -0.05) is 36.7 Å². The highest BCUT2D eigenvalue weighted by Crippen LogP contribution is 2.27. The Kier molecular flexibility index (Phi) is 7.92. The zero-order chi connectivity index (χ0) is 23.3. The van der Waals surface area contributed by atoms with Crippen LogP contribution in [0.1, 0.15) is 44.7 Å². The van der Waals surface area contributed by atoms with Crippen LogP contribution in [0.5, 0.6) is 0 Å². The molecule has 1 fully saturated rings. The minimum atomic E-state index is -3.55. The van der Waals surface area contributed by atoms with Crippen LogP contribution in [-0.4, -0.2) is 37.6 Å². The first-order valence-corrected chi connectivity index (χ1v) is 12.4. The van der Waals surface area contributed by atoms with Crippen molar-refractivity contribution in [2.24, 2.45) is 5.92 Å². The highest BCUT2D eigenvalue weighted by atomic mass is 35.5. The topological polar surface area (TPSA) is 95.6 Å². The quantitative estimate of drug-likeness (QED) is 0.630. The molecule has 0 aliphatic carbocycles. The summed E-state index contributed by atoms with van der Waals surface area (Å²) in [4.78, 5) is 24.4. The van der Waals surface area contributed by atoms with Crippen LogP contribution < -0.4 is 10.6 Å². The number of hydrogen-bond acceptors (Lipinski definition) is 4. The van der Waals surface area contributed by atoms with Crippen molar-refractivity contribution < 1.29 is 18.0 Å². The maximum Gasteiger partial charge on any atom is 0.243 e. The number of carbonyl (C=O) groups excluding carboxylic acids is 2. The molecule has 0 saturated carbocycles. The first-order valence-electron chi connectivity index (χ1n) is 10.6. The van der Waals surface area contributed by atoms with E-state index in [1.807, 2.05) is 0 Å². The molecule has 32 heavy (non-hydrogen) atoms. The first kappa shape index (κ1) is 24.2. The van der Waals surface area contributed by atoms with Crippen LogP contribution in [-0.2, 0) is 19.6 Å². The lowest BCUT2D eigenvalue weighted by molar-refractivity contribution is -0.120. The van der Waals surface area contributed by atoms with Crippen LogP contribution in [0.4, 0.5) is 5.69 Å². The molecule has 0 radical (unpaired) electrons. The zero-order valence-electron chi connectivity index (χ0n) is 18.2. The molecular weight excluding hydrogens is 450 g/mol. The van der Waals surface area contributed by atoms with E-state index in [1.54, 1.807) is 36.4 Å². The van der Waals surface area contributed by atoms with E-state index < -0.39 is 16.1 Å². The largest absolute Gasteiger partial charge is 0.349 e. The molecule has 2 aromatic carbocycles. The molecule has 2 unspecified atom stereocenters. The lowest BCUT2D eigenvalue weighted by Crippen LogP contribution is -2.39. The van der Waals surface area contributed by atoms with Crippen molar-refractivity contribution >= 4 is 39.1 Å². The average Bonchev–Trinajstić information content (AvgIpc) is 2.73. The van der Waals surface area contributed by atoms with Crippen molar-refractivity contribution in [3.63, 3.8) is 0 Å². The number of sulfonamides is 1. The number of nitrogens with one attached hydrogen (secondary N) is 2. The van der Waals surface area contributed by atoms with Gasteiger partial charge in [0.05, 0.1) is 17.4 Å². The minimum Gasteiger partial charge on any atom is -0.349 e. The second kappa shape index (κ2) is 10.5. The summed E-state index contributed by atoms with van der Waals surface area (Å²) in [7, 11) is -3.55. The van der Waals surface area contributed by atoms with Gasteiger partial charge < -0.3 is 10.6 Å². The van der Waals surface area contributed by atoms with Gasteiger partial charge in [-0.15, -0.1) is 0 Å². The van der Waals surface area contributed by atoms with Crippen LogP contribution in [0, 0.1) is 5.92 Å². The predicted molar refractivity (Wildman–Crippen MR) is 125 cm³/mol. The van der Waals surface area contributed by atoms with E-state index in [0.29, 0.717) is 35.3 Å². The second-order valence-electron chi connectivity index (χ2n) is 8.16. The standard InChI is InChI=1S/C23H28ClN3O4S/c1-16-6-5-13-27(15-16)32(30,31)19-11-9-18(10-12-19)26-23(29)14-22(25-17(2)28)20-7-3-4-8-21(20)24/h3-4,7-12,16,22H,5-6,13-15H2,1-2H3,(H,25,28)(H,26,29). The van der Waals surface area contributed by atoms with E-state index in [-0.39, 0.29) is 23.1 Å². The van der Waals surface area contributed by atoms with E-state index >= 15 is 0 Å². The van der Waals surface area contributed by atoms with Gasteiger partial charge in [-0.25, -0.2) is 8.42 Å². The van der Waals surface area contributed by atoms with Crippen molar-refractivity contribution in [2.45, 2.75) is 44.0 Å². The Labute approximate surface area is 194 Å². The molecule has 2 N–H and O–H groups in total. The van der Waals surface area contributed by atoms with Gasteiger partial charge in [0.2, 0.25) is 21.8 Å². The summed E-state index contributed by atoms with van der Waals surface area (Å²) in [6, 6.07) is 12.6. The molecule has 3 rings (SSSR count). The van der Waals surface area contributed by atoms with E-state index in [4.69, 9.17) is 11.6 Å². The normalized spacial score (nSPS) is 18.0. The Bertz CT molecular complexity index is 1070.